The topological polar surface area (TPSA) is 158 Å². The molecule has 0 bridgehead atoms. The van der Waals surface area contributed by atoms with Crippen molar-refractivity contribution in [1.82, 2.24) is 4.90 Å². The van der Waals surface area contributed by atoms with Crippen LogP contribution in [0.25, 0.3) is 17.4 Å². The van der Waals surface area contributed by atoms with Crippen molar-refractivity contribution in [3.05, 3.63) is 79.9 Å². The summed E-state index contributed by atoms with van der Waals surface area (Å²) >= 11 is 6.71. The maximum atomic E-state index is 12.9. The first-order valence-electron chi connectivity index (χ1n) is 12.1. The molecule has 2 heterocycles. The zero-order valence-electron chi connectivity index (χ0n) is 21.7. The summed E-state index contributed by atoms with van der Waals surface area (Å²) in [5.41, 5.74) is 0.596. The average Bonchev–Trinajstić information content (AvgIpc) is 3.52. The van der Waals surface area contributed by atoms with E-state index >= 15 is 0 Å². The fraction of sp³-hybridized carbons (Fsp3) is 0.185. The predicted molar refractivity (Wildman–Crippen MR) is 151 cm³/mol. The van der Waals surface area contributed by atoms with Crippen molar-refractivity contribution in [1.29, 1.82) is 0 Å². The van der Waals surface area contributed by atoms with Crippen LogP contribution in [-0.2, 0) is 14.3 Å². The standard InChI is InChI=1S/C27H22ClN3O9S/c1-3-10-39-26(34)19-11-15(4-8-20(19)28)29-24(32)14-30-25(33)23(41-27(30)35)13-17-6-9-21(40-17)18-7-5-16(31(36)37)12-22(18)38-2/h4-9,11-13H,3,10,14H2,1-2H3,(H,29,32)/b23-13+. The molecule has 41 heavy (non-hydrogen) atoms. The van der Waals surface area contributed by atoms with Gasteiger partial charge in [-0.25, -0.2) is 4.79 Å². The summed E-state index contributed by atoms with van der Waals surface area (Å²) in [5.74, 6) is -1.23. The Labute approximate surface area is 242 Å². The van der Waals surface area contributed by atoms with E-state index in [9.17, 15) is 29.3 Å². The Morgan fingerprint density at radius 2 is 1.95 bits per heavy atom. The molecule has 1 N–H and O–H groups in total. The fourth-order valence-corrected chi connectivity index (χ4v) is 4.73. The van der Waals surface area contributed by atoms with Gasteiger partial charge >= 0.3 is 5.97 Å². The number of methoxy groups -OCH3 is 1. The minimum absolute atomic E-state index is 0.0341. The molecule has 1 aliphatic heterocycles. The molecule has 4 rings (SSSR count). The number of benzene rings is 2. The molecule has 0 atom stereocenters. The summed E-state index contributed by atoms with van der Waals surface area (Å²) in [6.07, 6.45) is 1.99. The van der Waals surface area contributed by atoms with E-state index < -0.39 is 34.5 Å². The second-order valence-electron chi connectivity index (χ2n) is 8.49. The Bertz CT molecular complexity index is 1580. The first-order chi connectivity index (χ1) is 19.6. The number of hydrogen-bond donors (Lipinski definition) is 1. The molecule has 1 fully saturated rings. The largest absolute Gasteiger partial charge is 0.496 e. The monoisotopic (exact) mass is 599 g/mol. The number of nitrogens with zero attached hydrogens (tertiary/aromatic N) is 2. The minimum Gasteiger partial charge on any atom is -0.496 e. The van der Waals surface area contributed by atoms with Crippen LogP contribution >= 0.6 is 23.4 Å². The summed E-state index contributed by atoms with van der Waals surface area (Å²) in [4.78, 5) is 61.6. The first-order valence-corrected chi connectivity index (χ1v) is 13.2. The SMILES string of the molecule is CCCOC(=O)c1cc(NC(=O)CN2C(=O)S/C(=C/c3ccc(-c4ccc([N+](=O)[O-])cc4OC)o3)C2=O)ccc1Cl. The van der Waals surface area contributed by atoms with E-state index in [0.29, 0.717) is 29.5 Å². The average molecular weight is 600 g/mol. The second-order valence-corrected chi connectivity index (χ2v) is 9.89. The van der Waals surface area contributed by atoms with Crippen LogP contribution in [-0.4, -0.2) is 53.1 Å². The zero-order chi connectivity index (χ0) is 29.7. The highest BCUT2D eigenvalue weighted by atomic mass is 35.5. The van der Waals surface area contributed by atoms with Crippen LogP contribution in [0.5, 0.6) is 5.75 Å². The number of rotatable bonds is 10. The van der Waals surface area contributed by atoms with Gasteiger partial charge in [-0.1, -0.05) is 18.5 Å². The minimum atomic E-state index is -0.694. The third kappa shape index (κ3) is 6.76. The van der Waals surface area contributed by atoms with E-state index in [-0.39, 0.29) is 45.0 Å². The fourth-order valence-electron chi connectivity index (χ4n) is 3.71. The number of nitrogens with one attached hydrogen (secondary N) is 1. The molecule has 0 aliphatic carbocycles. The lowest BCUT2D eigenvalue weighted by atomic mass is 10.1. The third-order valence-corrected chi connectivity index (χ3v) is 6.88. The number of thioether (sulfide) groups is 1. The highest BCUT2D eigenvalue weighted by molar-refractivity contribution is 8.18. The Balaban J connectivity index is 1.44. The van der Waals surface area contributed by atoms with E-state index in [0.717, 1.165) is 4.90 Å². The summed E-state index contributed by atoms with van der Waals surface area (Å²) in [6.45, 7) is 1.49. The van der Waals surface area contributed by atoms with Crippen LogP contribution in [0.2, 0.25) is 5.02 Å². The number of nitro benzene ring substituents is 1. The maximum Gasteiger partial charge on any atom is 0.339 e. The molecule has 0 saturated carbocycles. The maximum absolute atomic E-state index is 12.9. The number of carbonyl (C=O) groups excluding carboxylic acids is 4. The molecule has 212 valence electrons. The highest BCUT2D eigenvalue weighted by Crippen LogP contribution is 2.36. The van der Waals surface area contributed by atoms with E-state index in [1.54, 1.807) is 12.1 Å². The van der Waals surface area contributed by atoms with Gasteiger partial charge in [-0.2, -0.15) is 0 Å². The predicted octanol–water partition coefficient (Wildman–Crippen LogP) is 5.76. The van der Waals surface area contributed by atoms with Crippen molar-refractivity contribution in [2.24, 2.45) is 0 Å². The molecule has 0 radical (unpaired) electrons. The number of hydrogen-bond acceptors (Lipinski definition) is 10. The van der Waals surface area contributed by atoms with Gasteiger partial charge in [0.1, 0.15) is 23.8 Å². The lowest BCUT2D eigenvalue weighted by molar-refractivity contribution is -0.384. The molecule has 0 unspecified atom stereocenters. The Morgan fingerprint density at radius 1 is 1.17 bits per heavy atom. The van der Waals surface area contributed by atoms with Crippen LogP contribution in [0.4, 0.5) is 16.2 Å². The van der Waals surface area contributed by atoms with Crippen LogP contribution in [0, 0.1) is 10.1 Å². The van der Waals surface area contributed by atoms with Gasteiger partial charge in [0, 0.05) is 17.8 Å². The van der Waals surface area contributed by atoms with Crippen LogP contribution < -0.4 is 10.1 Å². The summed E-state index contributed by atoms with van der Waals surface area (Å²) in [5, 5.41) is 13.1. The van der Waals surface area contributed by atoms with Crippen molar-refractivity contribution >= 4 is 63.8 Å². The molecule has 14 heteroatoms. The van der Waals surface area contributed by atoms with Gasteiger partial charge in [-0.15, -0.1) is 0 Å². The molecular formula is C27H22ClN3O9S. The van der Waals surface area contributed by atoms with Crippen molar-refractivity contribution in [2.75, 3.05) is 25.6 Å². The number of imide groups is 1. The van der Waals surface area contributed by atoms with E-state index in [1.165, 1.54) is 49.6 Å². The number of carbonyl (C=O) groups is 4. The van der Waals surface area contributed by atoms with E-state index in [1.807, 2.05) is 6.92 Å². The zero-order valence-corrected chi connectivity index (χ0v) is 23.2. The summed E-state index contributed by atoms with van der Waals surface area (Å²) < 4.78 is 16.1. The van der Waals surface area contributed by atoms with Gasteiger partial charge in [-0.3, -0.25) is 29.4 Å². The Morgan fingerprint density at radius 3 is 2.66 bits per heavy atom. The molecular weight excluding hydrogens is 578 g/mol. The molecule has 0 spiro atoms. The van der Waals surface area contributed by atoms with E-state index in [2.05, 4.69) is 5.32 Å². The van der Waals surface area contributed by atoms with Gasteiger partial charge in [0.2, 0.25) is 5.91 Å². The van der Waals surface area contributed by atoms with Gasteiger partial charge in [0.05, 0.1) is 45.8 Å². The number of esters is 1. The van der Waals surface area contributed by atoms with Crippen LogP contribution in [0.15, 0.2) is 57.9 Å². The van der Waals surface area contributed by atoms with Crippen molar-refractivity contribution in [3.8, 4) is 17.1 Å². The first kappa shape index (κ1) is 29.4. The molecule has 3 amide bonds. The number of halogens is 1. The number of nitro groups is 1. The molecule has 1 aromatic heterocycles. The lowest BCUT2D eigenvalue weighted by Crippen LogP contribution is -2.36. The lowest BCUT2D eigenvalue weighted by Gasteiger charge is -2.13. The van der Waals surface area contributed by atoms with Crippen molar-refractivity contribution in [2.45, 2.75) is 13.3 Å². The van der Waals surface area contributed by atoms with Gasteiger partial charge in [0.15, 0.2) is 0 Å². The molecule has 2 aromatic carbocycles. The van der Waals surface area contributed by atoms with E-state index in [4.69, 9.17) is 25.5 Å². The number of amides is 3. The van der Waals surface area contributed by atoms with Crippen LogP contribution in [0.1, 0.15) is 29.5 Å². The smallest absolute Gasteiger partial charge is 0.339 e. The van der Waals surface area contributed by atoms with Crippen LogP contribution in [0.3, 0.4) is 0 Å². The van der Waals surface area contributed by atoms with Crippen molar-refractivity contribution < 1.29 is 38.0 Å². The molecule has 1 aliphatic rings. The van der Waals surface area contributed by atoms with Crippen molar-refractivity contribution in [3.63, 3.8) is 0 Å². The quantitative estimate of drug-likeness (QED) is 0.131. The van der Waals surface area contributed by atoms with Gasteiger partial charge in [0.25, 0.3) is 16.8 Å². The summed E-state index contributed by atoms with van der Waals surface area (Å²) in [6, 6.07) is 11.4. The normalized spacial score (nSPS) is 13.9. The number of non-ortho nitro benzene ring substituents is 1. The highest BCUT2D eigenvalue weighted by Gasteiger charge is 2.36. The number of ether oxygens (including phenoxy) is 2. The molecule has 1 saturated heterocycles. The Kier molecular flexibility index (Phi) is 9.10. The van der Waals surface area contributed by atoms with Gasteiger partial charge < -0.3 is 19.2 Å². The second kappa shape index (κ2) is 12.7. The molecule has 3 aromatic rings. The summed E-state index contributed by atoms with van der Waals surface area (Å²) in [7, 11) is 1.37. The van der Waals surface area contributed by atoms with Gasteiger partial charge in [-0.05, 0) is 54.6 Å². The number of furan rings is 1. The third-order valence-electron chi connectivity index (χ3n) is 5.64. The Hall–Kier alpha value is -4.62. The number of anilines is 1. The molecule has 12 nitrogen and oxygen atoms in total.